The van der Waals surface area contributed by atoms with Gasteiger partial charge in [-0.25, -0.2) is 0 Å². The summed E-state index contributed by atoms with van der Waals surface area (Å²) in [6.07, 6.45) is 4.38. The Kier molecular flexibility index (Phi) is 6.32. The van der Waals surface area contributed by atoms with Crippen LogP contribution in [0.2, 0.25) is 0 Å². The van der Waals surface area contributed by atoms with Crippen LogP contribution in [0, 0.1) is 11.8 Å². The fourth-order valence-corrected chi connectivity index (χ4v) is 5.04. The highest BCUT2D eigenvalue weighted by atomic mass is 32.1. The third-order valence-corrected chi connectivity index (χ3v) is 6.89. The van der Waals surface area contributed by atoms with E-state index in [9.17, 15) is 0 Å². The predicted molar refractivity (Wildman–Crippen MR) is 112 cm³/mol. The SMILES string of the molecule is CN1CCN(C[C@H]2CN3CC[C@H]2C[C@@H]3CNC(=S)NCc2ccco2)CC1. The van der Waals surface area contributed by atoms with E-state index in [0.717, 1.165) is 29.3 Å². The van der Waals surface area contributed by atoms with Gasteiger partial charge in [-0.15, -0.1) is 0 Å². The zero-order chi connectivity index (χ0) is 18.6. The molecular formula is C20H33N5OS. The first-order chi connectivity index (χ1) is 13.2. The maximum atomic E-state index is 5.43. The number of rotatable bonds is 6. The molecule has 5 rings (SSSR count). The number of piperazine rings is 1. The number of thiocarbonyl (C=S) groups is 1. The topological polar surface area (TPSA) is 46.9 Å². The Morgan fingerprint density at radius 3 is 2.78 bits per heavy atom. The van der Waals surface area contributed by atoms with Crippen molar-refractivity contribution in [2.45, 2.75) is 25.4 Å². The first kappa shape index (κ1) is 19.2. The molecule has 1 unspecified atom stereocenters. The molecular weight excluding hydrogens is 358 g/mol. The molecule has 0 amide bonds. The fraction of sp³-hybridized carbons (Fsp3) is 0.750. The smallest absolute Gasteiger partial charge is 0.166 e. The lowest BCUT2D eigenvalue weighted by molar-refractivity contribution is -0.0152. The van der Waals surface area contributed by atoms with E-state index in [0.29, 0.717) is 12.6 Å². The second-order valence-corrected chi connectivity index (χ2v) is 8.85. The van der Waals surface area contributed by atoms with Crippen LogP contribution in [0.1, 0.15) is 18.6 Å². The Balaban J connectivity index is 1.19. The van der Waals surface area contributed by atoms with E-state index >= 15 is 0 Å². The Morgan fingerprint density at radius 2 is 2.07 bits per heavy atom. The van der Waals surface area contributed by atoms with Crippen LogP contribution in [0.5, 0.6) is 0 Å². The average molecular weight is 392 g/mol. The Labute approximate surface area is 168 Å². The van der Waals surface area contributed by atoms with Crippen LogP contribution >= 0.6 is 12.2 Å². The van der Waals surface area contributed by atoms with Crippen LogP contribution in [0.15, 0.2) is 22.8 Å². The average Bonchev–Trinajstić information content (AvgIpc) is 3.21. The monoisotopic (exact) mass is 391 g/mol. The third kappa shape index (κ3) is 5.02. The molecule has 2 N–H and O–H groups in total. The number of furan rings is 1. The molecule has 4 aliphatic heterocycles. The minimum absolute atomic E-state index is 0.621. The molecule has 0 aliphatic carbocycles. The van der Waals surface area contributed by atoms with Gasteiger partial charge in [-0.2, -0.15) is 0 Å². The Bertz CT molecular complexity index is 602. The van der Waals surface area contributed by atoms with Crippen molar-refractivity contribution >= 4 is 17.3 Å². The molecule has 4 aliphatic rings. The van der Waals surface area contributed by atoms with Gasteiger partial charge in [-0.1, -0.05) is 0 Å². The number of nitrogens with one attached hydrogen (secondary N) is 2. The summed E-state index contributed by atoms with van der Waals surface area (Å²) in [4.78, 5) is 7.83. The Morgan fingerprint density at radius 1 is 1.22 bits per heavy atom. The Hall–Kier alpha value is -1.15. The molecule has 1 aromatic rings. The van der Waals surface area contributed by atoms with E-state index in [4.69, 9.17) is 16.6 Å². The largest absolute Gasteiger partial charge is 0.467 e. The van der Waals surface area contributed by atoms with Gasteiger partial charge >= 0.3 is 0 Å². The highest BCUT2D eigenvalue weighted by Gasteiger charge is 2.40. The van der Waals surface area contributed by atoms with Gasteiger partial charge in [0, 0.05) is 51.9 Å². The number of piperidine rings is 3. The van der Waals surface area contributed by atoms with E-state index in [-0.39, 0.29) is 0 Å². The van der Waals surface area contributed by atoms with Gasteiger partial charge in [0.1, 0.15) is 5.76 Å². The molecule has 0 spiro atoms. The normalized spacial score (nSPS) is 31.7. The quantitative estimate of drug-likeness (QED) is 0.707. The summed E-state index contributed by atoms with van der Waals surface area (Å²) in [5, 5.41) is 7.38. The first-order valence-corrected chi connectivity index (χ1v) is 10.8. The lowest BCUT2D eigenvalue weighted by Gasteiger charge is -2.51. The van der Waals surface area contributed by atoms with E-state index in [1.807, 2.05) is 12.1 Å². The van der Waals surface area contributed by atoms with Crippen LogP contribution in [0.25, 0.3) is 0 Å². The van der Waals surface area contributed by atoms with Crippen molar-refractivity contribution < 1.29 is 4.42 Å². The number of hydrogen-bond donors (Lipinski definition) is 2. The number of hydrogen-bond acceptors (Lipinski definition) is 5. The standard InChI is InChI=1S/C20H33N5OS/c1-23-6-8-24(9-7-23)14-17-15-25-5-4-16(17)11-18(25)12-21-20(27)22-13-19-3-2-10-26-19/h2-3,10,16-18H,4-9,11-15H2,1H3,(H2,21,22,27)/t16-,17-,18+/m0/s1. The van der Waals surface area contributed by atoms with Gasteiger partial charge in [-0.3, -0.25) is 4.90 Å². The van der Waals surface area contributed by atoms with Crippen molar-refractivity contribution in [1.29, 1.82) is 0 Å². The highest BCUT2D eigenvalue weighted by molar-refractivity contribution is 7.80. The summed E-state index contributed by atoms with van der Waals surface area (Å²) in [5.41, 5.74) is 0. The van der Waals surface area contributed by atoms with Crippen molar-refractivity contribution in [3.63, 3.8) is 0 Å². The van der Waals surface area contributed by atoms with E-state index in [2.05, 4.69) is 32.4 Å². The summed E-state index contributed by atoms with van der Waals surface area (Å²) < 4.78 is 5.33. The summed E-state index contributed by atoms with van der Waals surface area (Å²) in [6.45, 7) is 10.3. The van der Waals surface area contributed by atoms with Crippen molar-refractivity contribution in [1.82, 2.24) is 25.3 Å². The molecule has 4 fully saturated rings. The second kappa shape index (κ2) is 8.90. The number of fused-ring (bicyclic) bond motifs is 3. The molecule has 4 atom stereocenters. The van der Waals surface area contributed by atoms with Gasteiger partial charge in [0.25, 0.3) is 0 Å². The maximum Gasteiger partial charge on any atom is 0.166 e. The van der Waals surface area contributed by atoms with Crippen molar-refractivity contribution in [3.05, 3.63) is 24.2 Å². The molecule has 2 bridgehead atoms. The van der Waals surface area contributed by atoms with Crippen molar-refractivity contribution in [2.24, 2.45) is 11.8 Å². The third-order valence-electron chi connectivity index (χ3n) is 6.60. The zero-order valence-electron chi connectivity index (χ0n) is 16.4. The number of likely N-dealkylation sites (N-methyl/N-ethyl adjacent to an activating group) is 1. The van der Waals surface area contributed by atoms with Gasteiger partial charge in [-0.05, 0) is 62.6 Å². The van der Waals surface area contributed by atoms with Gasteiger partial charge < -0.3 is 24.9 Å². The molecule has 7 heteroatoms. The summed E-state index contributed by atoms with van der Waals surface area (Å²) in [5.74, 6) is 2.64. The van der Waals surface area contributed by atoms with E-state index in [1.54, 1.807) is 6.26 Å². The lowest BCUT2D eigenvalue weighted by Crippen LogP contribution is -2.59. The van der Waals surface area contributed by atoms with Crippen LogP contribution in [-0.2, 0) is 6.54 Å². The fourth-order valence-electron chi connectivity index (χ4n) is 4.88. The first-order valence-electron chi connectivity index (χ1n) is 10.4. The van der Waals surface area contributed by atoms with Crippen LogP contribution in [0.4, 0.5) is 0 Å². The molecule has 5 heterocycles. The molecule has 0 radical (unpaired) electrons. The van der Waals surface area contributed by atoms with E-state index < -0.39 is 0 Å². The molecule has 27 heavy (non-hydrogen) atoms. The maximum absolute atomic E-state index is 5.43. The minimum Gasteiger partial charge on any atom is -0.467 e. The van der Waals surface area contributed by atoms with Crippen LogP contribution in [-0.4, -0.2) is 85.3 Å². The summed E-state index contributed by atoms with van der Waals surface area (Å²) in [6, 6.07) is 4.48. The van der Waals surface area contributed by atoms with Crippen molar-refractivity contribution in [3.8, 4) is 0 Å². The zero-order valence-corrected chi connectivity index (χ0v) is 17.2. The predicted octanol–water partition coefficient (Wildman–Crippen LogP) is 1.20. The molecule has 4 saturated heterocycles. The van der Waals surface area contributed by atoms with Gasteiger partial charge in [0.05, 0.1) is 12.8 Å². The summed E-state index contributed by atoms with van der Waals surface area (Å²) >= 11 is 5.43. The molecule has 6 nitrogen and oxygen atoms in total. The highest BCUT2D eigenvalue weighted by Crippen LogP contribution is 2.36. The van der Waals surface area contributed by atoms with Crippen molar-refractivity contribution in [2.75, 3.05) is 59.4 Å². The molecule has 0 aromatic carbocycles. The number of nitrogens with zero attached hydrogens (tertiary/aromatic N) is 3. The van der Waals surface area contributed by atoms with Crippen LogP contribution in [0.3, 0.4) is 0 Å². The molecule has 0 saturated carbocycles. The van der Waals surface area contributed by atoms with Gasteiger partial charge in [0.2, 0.25) is 0 Å². The summed E-state index contributed by atoms with van der Waals surface area (Å²) in [7, 11) is 2.23. The van der Waals surface area contributed by atoms with E-state index in [1.165, 1.54) is 58.7 Å². The van der Waals surface area contributed by atoms with Crippen LogP contribution < -0.4 is 10.6 Å². The molecule has 1 aromatic heterocycles. The second-order valence-electron chi connectivity index (χ2n) is 8.44. The molecule has 150 valence electrons. The van der Waals surface area contributed by atoms with Gasteiger partial charge in [0.15, 0.2) is 5.11 Å². The lowest BCUT2D eigenvalue weighted by atomic mass is 9.75. The minimum atomic E-state index is 0.621.